The highest BCUT2D eigenvalue weighted by Crippen LogP contribution is 2.04. The summed E-state index contributed by atoms with van der Waals surface area (Å²) in [6.07, 6.45) is 12.2. The third kappa shape index (κ3) is 10.6. The maximum Gasteiger partial charge on any atom is 0.326 e. The Morgan fingerprint density at radius 3 is 2.35 bits per heavy atom. The van der Waals surface area contributed by atoms with Gasteiger partial charge in [-0.15, -0.1) is 0 Å². The second-order valence-electron chi connectivity index (χ2n) is 5.13. The van der Waals surface area contributed by atoms with Crippen LogP contribution in [0.15, 0.2) is 12.2 Å². The number of allylic oxidation sites excluding steroid dienone is 1. The van der Waals surface area contributed by atoms with Crippen molar-refractivity contribution < 1.29 is 14.7 Å². The van der Waals surface area contributed by atoms with Gasteiger partial charge in [-0.25, -0.2) is 4.79 Å². The first-order valence-electron chi connectivity index (χ1n) is 7.79. The fraction of sp³-hybridized carbons (Fsp3) is 0.750. The second-order valence-corrected chi connectivity index (χ2v) is 5.13. The minimum absolute atomic E-state index is 0.210. The quantitative estimate of drug-likeness (QED) is 0.424. The van der Waals surface area contributed by atoms with E-state index in [4.69, 9.17) is 5.11 Å². The molecule has 0 bridgehead atoms. The molecule has 0 saturated heterocycles. The molecule has 0 heterocycles. The highest BCUT2D eigenvalue weighted by molar-refractivity contribution is 5.84. The van der Waals surface area contributed by atoms with Crippen LogP contribution in [0.2, 0.25) is 0 Å². The van der Waals surface area contributed by atoms with E-state index < -0.39 is 12.0 Å². The van der Waals surface area contributed by atoms with Gasteiger partial charge in [0.2, 0.25) is 5.91 Å². The molecule has 0 unspecified atom stereocenters. The van der Waals surface area contributed by atoms with E-state index in [2.05, 4.69) is 12.2 Å². The number of nitrogens with one attached hydrogen (secondary N) is 1. The Morgan fingerprint density at radius 1 is 1.05 bits per heavy atom. The van der Waals surface area contributed by atoms with Gasteiger partial charge in [0.1, 0.15) is 6.04 Å². The number of rotatable bonds is 12. The fourth-order valence-electron chi connectivity index (χ4n) is 1.92. The van der Waals surface area contributed by atoms with Gasteiger partial charge in [0.15, 0.2) is 0 Å². The van der Waals surface area contributed by atoms with Gasteiger partial charge in [0.25, 0.3) is 0 Å². The van der Waals surface area contributed by atoms with Crippen LogP contribution >= 0.6 is 0 Å². The van der Waals surface area contributed by atoms with Crippen LogP contribution in [0.1, 0.15) is 71.6 Å². The summed E-state index contributed by atoms with van der Waals surface area (Å²) in [4.78, 5) is 22.6. The maximum absolute atomic E-state index is 11.6. The zero-order valence-corrected chi connectivity index (χ0v) is 12.9. The number of carbonyl (C=O) groups excluding carboxylic acids is 1. The molecule has 0 aliphatic rings. The van der Waals surface area contributed by atoms with Crippen molar-refractivity contribution in [2.75, 3.05) is 0 Å². The van der Waals surface area contributed by atoms with Crippen LogP contribution < -0.4 is 5.32 Å². The first-order chi connectivity index (χ1) is 9.61. The lowest BCUT2D eigenvalue weighted by Crippen LogP contribution is -2.40. The summed E-state index contributed by atoms with van der Waals surface area (Å²) in [5.41, 5.74) is 0. The Bertz CT molecular complexity index is 300. The largest absolute Gasteiger partial charge is 0.480 e. The van der Waals surface area contributed by atoms with E-state index >= 15 is 0 Å². The summed E-state index contributed by atoms with van der Waals surface area (Å²) in [7, 11) is 0. The van der Waals surface area contributed by atoms with Crippen molar-refractivity contribution in [2.45, 2.75) is 77.7 Å². The van der Waals surface area contributed by atoms with Gasteiger partial charge >= 0.3 is 5.97 Å². The molecular formula is C16H29NO3. The molecule has 0 aromatic carbocycles. The number of hydrogen-bond acceptors (Lipinski definition) is 2. The molecule has 0 aliphatic carbocycles. The maximum atomic E-state index is 11.6. The molecule has 0 radical (unpaired) electrons. The lowest BCUT2D eigenvalue weighted by Gasteiger charge is -2.13. The SMILES string of the molecule is CCCCCCC=CCC(=O)N[C@H](CCCC)C(=O)O. The van der Waals surface area contributed by atoms with Gasteiger partial charge in [0.05, 0.1) is 0 Å². The Labute approximate surface area is 122 Å². The van der Waals surface area contributed by atoms with Gasteiger partial charge in [0, 0.05) is 6.42 Å². The fourth-order valence-corrected chi connectivity index (χ4v) is 1.92. The first-order valence-corrected chi connectivity index (χ1v) is 7.79. The third-order valence-corrected chi connectivity index (χ3v) is 3.17. The van der Waals surface area contributed by atoms with Crippen molar-refractivity contribution in [1.82, 2.24) is 5.32 Å². The molecular weight excluding hydrogens is 254 g/mol. The number of carbonyl (C=O) groups is 2. The average molecular weight is 283 g/mol. The first kappa shape index (κ1) is 18.7. The van der Waals surface area contributed by atoms with Crippen molar-refractivity contribution in [1.29, 1.82) is 0 Å². The van der Waals surface area contributed by atoms with Gasteiger partial charge in [-0.3, -0.25) is 4.79 Å². The van der Waals surface area contributed by atoms with Crippen molar-refractivity contribution in [3.8, 4) is 0 Å². The average Bonchev–Trinajstić information content (AvgIpc) is 2.42. The summed E-state index contributed by atoms with van der Waals surface area (Å²) in [6, 6.07) is -0.750. The van der Waals surface area contributed by atoms with Gasteiger partial charge in [-0.05, 0) is 19.3 Å². The Hall–Kier alpha value is -1.32. The molecule has 1 atom stereocenters. The zero-order chi connectivity index (χ0) is 15.2. The molecule has 0 aromatic heterocycles. The lowest BCUT2D eigenvalue weighted by molar-refractivity contribution is -0.141. The summed E-state index contributed by atoms with van der Waals surface area (Å²) >= 11 is 0. The summed E-state index contributed by atoms with van der Waals surface area (Å²) in [6.45, 7) is 4.18. The van der Waals surface area contributed by atoms with Gasteiger partial charge in [-0.2, -0.15) is 0 Å². The van der Waals surface area contributed by atoms with Crippen LogP contribution in [0.4, 0.5) is 0 Å². The standard InChI is InChI=1S/C16H29NO3/c1-3-5-7-8-9-10-11-13-15(18)17-14(16(19)20)12-6-4-2/h10-11,14H,3-9,12-13H2,1-2H3,(H,17,18)(H,19,20)/t14-/m1/s1. The Morgan fingerprint density at radius 2 is 1.75 bits per heavy atom. The topological polar surface area (TPSA) is 66.4 Å². The number of amides is 1. The van der Waals surface area contributed by atoms with E-state index in [0.717, 1.165) is 25.7 Å². The molecule has 4 heteroatoms. The van der Waals surface area contributed by atoms with E-state index in [1.54, 1.807) is 0 Å². The highest BCUT2D eigenvalue weighted by Gasteiger charge is 2.18. The monoisotopic (exact) mass is 283 g/mol. The summed E-state index contributed by atoms with van der Waals surface area (Å²) in [5, 5.41) is 11.6. The minimum atomic E-state index is -0.949. The predicted octanol–water partition coefficient (Wildman–Crippen LogP) is 3.66. The van der Waals surface area contributed by atoms with E-state index in [1.807, 2.05) is 19.1 Å². The van der Waals surface area contributed by atoms with Crippen LogP contribution in [-0.2, 0) is 9.59 Å². The highest BCUT2D eigenvalue weighted by atomic mass is 16.4. The molecule has 0 fully saturated rings. The smallest absolute Gasteiger partial charge is 0.326 e. The molecule has 0 rings (SSSR count). The van der Waals surface area contributed by atoms with Gasteiger partial charge in [-0.1, -0.05) is 58.1 Å². The molecule has 0 saturated carbocycles. The number of carboxylic acid groups (broad SMARTS) is 1. The van der Waals surface area contributed by atoms with E-state index in [0.29, 0.717) is 6.42 Å². The number of aliphatic carboxylic acids is 1. The third-order valence-electron chi connectivity index (χ3n) is 3.17. The van der Waals surface area contributed by atoms with E-state index in [9.17, 15) is 9.59 Å². The summed E-state index contributed by atoms with van der Waals surface area (Å²) < 4.78 is 0. The normalized spacial score (nSPS) is 12.5. The molecule has 2 N–H and O–H groups in total. The summed E-state index contributed by atoms with van der Waals surface area (Å²) in [5.74, 6) is -1.16. The molecule has 4 nitrogen and oxygen atoms in total. The zero-order valence-electron chi connectivity index (χ0n) is 12.9. The predicted molar refractivity (Wildman–Crippen MR) is 81.6 cm³/mol. The Kier molecular flexibility index (Phi) is 11.9. The molecule has 0 aliphatic heterocycles. The number of carboxylic acids is 1. The van der Waals surface area contributed by atoms with Crippen LogP contribution in [0.25, 0.3) is 0 Å². The lowest BCUT2D eigenvalue weighted by atomic mass is 10.1. The van der Waals surface area contributed by atoms with Crippen molar-refractivity contribution in [3.05, 3.63) is 12.2 Å². The van der Waals surface area contributed by atoms with Crippen LogP contribution in [-0.4, -0.2) is 23.0 Å². The molecule has 116 valence electrons. The molecule has 0 aromatic rings. The van der Waals surface area contributed by atoms with Crippen LogP contribution in [0.5, 0.6) is 0 Å². The van der Waals surface area contributed by atoms with Crippen molar-refractivity contribution >= 4 is 11.9 Å². The molecule has 0 spiro atoms. The van der Waals surface area contributed by atoms with E-state index in [-0.39, 0.29) is 12.3 Å². The number of unbranched alkanes of at least 4 members (excludes halogenated alkanes) is 5. The van der Waals surface area contributed by atoms with Gasteiger partial charge < -0.3 is 10.4 Å². The molecule has 20 heavy (non-hydrogen) atoms. The van der Waals surface area contributed by atoms with Crippen LogP contribution in [0.3, 0.4) is 0 Å². The van der Waals surface area contributed by atoms with Crippen molar-refractivity contribution in [2.24, 2.45) is 0 Å². The second kappa shape index (κ2) is 12.7. The Balaban J connectivity index is 3.83. The van der Waals surface area contributed by atoms with Crippen molar-refractivity contribution in [3.63, 3.8) is 0 Å². The number of hydrogen-bond donors (Lipinski definition) is 2. The minimum Gasteiger partial charge on any atom is -0.480 e. The molecule has 1 amide bonds. The van der Waals surface area contributed by atoms with E-state index in [1.165, 1.54) is 19.3 Å². The van der Waals surface area contributed by atoms with Crippen LogP contribution in [0, 0.1) is 0 Å².